The Labute approximate surface area is 101 Å². The van der Waals surface area contributed by atoms with E-state index in [0.29, 0.717) is 18.3 Å². The van der Waals surface area contributed by atoms with Crippen molar-refractivity contribution in [1.29, 1.82) is 0 Å². The summed E-state index contributed by atoms with van der Waals surface area (Å²) in [7, 11) is 2.15. The lowest BCUT2D eigenvalue weighted by atomic mass is 10.1. The van der Waals surface area contributed by atoms with Gasteiger partial charge >= 0.3 is 0 Å². The first-order valence-electron chi connectivity index (χ1n) is 6.13. The van der Waals surface area contributed by atoms with E-state index >= 15 is 0 Å². The lowest BCUT2D eigenvalue weighted by Gasteiger charge is -2.33. The number of ether oxygens (including phenoxy) is 2. The summed E-state index contributed by atoms with van der Waals surface area (Å²) in [5.41, 5.74) is 6.43. The van der Waals surface area contributed by atoms with E-state index in [2.05, 4.69) is 11.9 Å². The number of nitrogens with zero attached hydrogens (tertiary/aromatic N) is 1. The van der Waals surface area contributed by atoms with E-state index in [4.69, 9.17) is 15.2 Å². The third kappa shape index (κ3) is 1.93. The number of rotatable bonds is 1. The van der Waals surface area contributed by atoms with Crippen LogP contribution in [-0.2, 0) is 0 Å². The minimum absolute atomic E-state index is 0.138. The van der Waals surface area contributed by atoms with E-state index in [1.165, 1.54) is 12.8 Å². The molecule has 4 heteroatoms. The maximum Gasteiger partial charge on any atom is 0.163 e. The highest BCUT2D eigenvalue weighted by Gasteiger charge is 2.34. The fourth-order valence-electron chi connectivity index (χ4n) is 2.70. The minimum atomic E-state index is 0.138. The molecule has 3 rings (SSSR count). The fourth-order valence-corrected chi connectivity index (χ4v) is 2.70. The van der Waals surface area contributed by atoms with Gasteiger partial charge in [-0.05, 0) is 38.6 Å². The first-order valence-corrected chi connectivity index (χ1v) is 6.13. The van der Waals surface area contributed by atoms with Gasteiger partial charge in [-0.1, -0.05) is 0 Å². The number of hydrogen-bond donors (Lipinski definition) is 1. The van der Waals surface area contributed by atoms with E-state index in [9.17, 15) is 0 Å². The summed E-state index contributed by atoms with van der Waals surface area (Å²) >= 11 is 0. The van der Waals surface area contributed by atoms with Gasteiger partial charge in [0, 0.05) is 17.8 Å². The van der Waals surface area contributed by atoms with Crippen LogP contribution in [0.15, 0.2) is 18.2 Å². The molecule has 1 fully saturated rings. The molecule has 0 aromatic heterocycles. The lowest BCUT2D eigenvalue weighted by molar-refractivity contribution is 0.0370. The van der Waals surface area contributed by atoms with Gasteiger partial charge in [0.2, 0.25) is 0 Å². The van der Waals surface area contributed by atoms with Gasteiger partial charge < -0.3 is 15.2 Å². The van der Waals surface area contributed by atoms with Crippen LogP contribution in [0.2, 0.25) is 0 Å². The highest BCUT2D eigenvalue weighted by Crippen LogP contribution is 2.35. The quantitative estimate of drug-likeness (QED) is 0.748. The Morgan fingerprint density at radius 3 is 3.00 bits per heavy atom. The monoisotopic (exact) mass is 234 g/mol. The molecule has 0 unspecified atom stereocenters. The Morgan fingerprint density at radius 1 is 1.35 bits per heavy atom. The molecule has 2 atom stereocenters. The molecule has 2 N–H and O–H groups in total. The molecule has 2 heterocycles. The van der Waals surface area contributed by atoms with Crippen LogP contribution in [-0.4, -0.2) is 37.2 Å². The number of likely N-dealkylation sites (N-methyl/N-ethyl adjacent to an activating group) is 1. The molecule has 0 radical (unpaired) electrons. The molecule has 1 aromatic rings. The Hall–Kier alpha value is -1.42. The molecule has 2 aliphatic heterocycles. The first-order chi connectivity index (χ1) is 8.24. The molecule has 17 heavy (non-hydrogen) atoms. The number of nitrogens with two attached hydrogens (primary N) is 1. The Bertz CT molecular complexity index is 422. The lowest BCUT2D eigenvalue weighted by Crippen LogP contribution is -2.45. The molecule has 0 bridgehead atoms. The maximum atomic E-state index is 6.02. The van der Waals surface area contributed by atoms with Gasteiger partial charge in [-0.2, -0.15) is 0 Å². The van der Waals surface area contributed by atoms with Gasteiger partial charge in [-0.15, -0.1) is 0 Å². The predicted molar refractivity (Wildman–Crippen MR) is 66.4 cm³/mol. The van der Waals surface area contributed by atoms with E-state index in [-0.39, 0.29) is 6.10 Å². The van der Waals surface area contributed by atoms with E-state index in [1.54, 1.807) is 0 Å². The van der Waals surface area contributed by atoms with Crippen molar-refractivity contribution in [3.8, 4) is 11.5 Å². The Kier molecular flexibility index (Phi) is 2.59. The van der Waals surface area contributed by atoms with Crippen molar-refractivity contribution >= 4 is 5.69 Å². The number of benzene rings is 1. The molecule has 0 spiro atoms. The summed E-state index contributed by atoms with van der Waals surface area (Å²) in [6, 6.07) is 6.04. The normalized spacial score (nSPS) is 28.3. The van der Waals surface area contributed by atoms with E-state index in [1.807, 2.05) is 18.2 Å². The van der Waals surface area contributed by atoms with Gasteiger partial charge in [0.05, 0.1) is 0 Å². The smallest absolute Gasteiger partial charge is 0.163 e. The zero-order valence-electron chi connectivity index (χ0n) is 10.1. The van der Waals surface area contributed by atoms with Gasteiger partial charge in [0.25, 0.3) is 0 Å². The average molecular weight is 234 g/mol. The van der Waals surface area contributed by atoms with Crippen LogP contribution < -0.4 is 15.2 Å². The second-order valence-electron chi connectivity index (χ2n) is 4.86. The van der Waals surface area contributed by atoms with Crippen molar-refractivity contribution in [2.75, 3.05) is 25.9 Å². The van der Waals surface area contributed by atoms with Crippen molar-refractivity contribution < 1.29 is 9.47 Å². The molecular formula is C13H18N2O2. The molecule has 0 amide bonds. The van der Waals surface area contributed by atoms with Crippen LogP contribution in [0, 0.1) is 0 Å². The molecular weight excluding hydrogens is 216 g/mol. The largest absolute Gasteiger partial charge is 0.486 e. The predicted octanol–water partition coefficient (Wildman–Crippen LogP) is 1.50. The van der Waals surface area contributed by atoms with Gasteiger partial charge in [0.1, 0.15) is 12.7 Å². The van der Waals surface area contributed by atoms with Crippen LogP contribution in [0.25, 0.3) is 0 Å². The molecule has 2 aliphatic rings. The first kappa shape index (κ1) is 10.7. The van der Waals surface area contributed by atoms with Crippen molar-refractivity contribution in [3.05, 3.63) is 18.2 Å². The van der Waals surface area contributed by atoms with Gasteiger partial charge in [0.15, 0.2) is 11.5 Å². The summed E-state index contributed by atoms with van der Waals surface area (Å²) < 4.78 is 11.8. The van der Waals surface area contributed by atoms with E-state index in [0.717, 1.165) is 18.0 Å². The summed E-state index contributed by atoms with van der Waals surface area (Å²) in [5.74, 6) is 1.58. The summed E-state index contributed by atoms with van der Waals surface area (Å²) in [6.45, 7) is 1.77. The van der Waals surface area contributed by atoms with Gasteiger partial charge in [-0.25, -0.2) is 0 Å². The van der Waals surface area contributed by atoms with Crippen LogP contribution in [0.3, 0.4) is 0 Å². The molecule has 0 saturated carbocycles. The number of fused-ring (bicyclic) bond motifs is 1. The van der Waals surface area contributed by atoms with Crippen molar-refractivity contribution in [2.24, 2.45) is 0 Å². The zero-order valence-corrected chi connectivity index (χ0v) is 10.1. The van der Waals surface area contributed by atoms with Crippen LogP contribution >= 0.6 is 0 Å². The molecule has 92 valence electrons. The summed E-state index contributed by atoms with van der Waals surface area (Å²) in [5, 5.41) is 0. The zero-order chi connectivity index (χ0) is 11.8. The molecule has 4 nitrogen and oxygen atoms in total. The van der Waals surface area contributed by atoms with E-state index < -0.39 is 0 Å². The Balaban J connectivity index is 1.78. The summed E-state index contributed by atoms with van der Waals surface area (Å²) in [4.78, 5) is 2.36. The molecule has 1 saturated heterocycles. The van der Waals surface area contributed by atoms with Crippen molar-refractivity contribution in [2.45, 2.75) is 25.0 Å². The van der Waals surface area contributed by atoms with Crippen LogP contribution in [0.5, 0.6) is 11.5 Å². The van der Waals surface area contributed by atoms with Gasteiger partial charge in [-0.3, -0.25) is 4.90 Å². The van der Waals surface area contributed by atoms with Crippen molar-refractivity contribution in [3.63, 3.8) is 0 Å². The average Bonchev–Trinajstić information content (AvgIpc) is 2.75. The third-order valence-corrected chi connectivity index (χ3v) is 3.66. The topological polar surface area (TPSA) is 47.7 Å². The third-order valence-electron chi connectivity index (χ3n) is 3.66. The number of anilines is 1. The number of hydrogen-bond acceptors (Lipinski definition) is 4. The second kappa shape index (κ2) is 4.11. The van der Waals surface area contributed by atoms with Crippen LogP contribution in [0.4, 0.5) is 5.69 Å². The number of likely N-dealkylation sites (tertiary alicyclic amines) is 1. The number of nitrogen functional groups attached to an aromatic ring is 1. The maximum absolute atomic E-state index is 6.02. The van der Waals surface area contributed by atoms with Crippen molar-refractivity contribution in [1.82, 2.24) is 4.90 Å². The highest BCUT2D eigenvalue weighted by atomic mass is 16.6. The standard InChI is InChI=1S/C13H18N2O2/c1-15-6-2-3-10(15)13-8-16-12-7-9(14)4-5-11(12)17-13/h4-5,7,10,13H,2-3,6,8,14H2,1H3/t10-,13-/m0/s1. The molecule has 0 aliphatic carbocycles. The fraction of sp³-hybridized carbons (Fsp3) is 0.538. The SMILES string of the molecule is CN1CCC[C@H]1[C@@H]1COc2cc(N)ccc2O1. The minimum Gasteiger partial charge on any atom is -0.486 e. The summed E-state index contributed by atoms with van der Waals surface area (Å²) in [6.07, 6.45) is 2.57. The Morgan fingerprint density at radius 2 is 2.24 bits per heavy atom. The highest BCUT2D eigenvalue weighted by molar-refractivity contribution is 5.52. The second-order valence-corrected chi connectivity index (χ2v) is 4.86. The van der Waals surface area contributed by atoms with Crippen LogP contribution in [0.1, 0.15) is 12.8 Å². The molecule has 1 aromatic carbocycles.